The lowest BCUT2D eigenvalue weighted by Gasteiger charge is -2.36. The summed E-state index contributed by atoms with van der Waals surface area (Å²) in [5.74, 6) is -0.0316. The van der Waals surface area contributed by atoms with Crippen LogP contribution >= 0.6 is 0 Å². The van der Waals surface area contributed by atoms with Crippen molar-refractivity contribution in [3.8, 4) is 0 Å². The zero-order chi connectivity index (χ0) is 21.1. The van der Waals surface area contributed by atoms with E-state index in [2.05, 4.69) is 10.1 Å². The van der Waals surface area contributed by atoms with Crippen LogP contribution in [0.4, 0.5) is 0 Å². The number of hydrogen-bond acceptors (Lipinski definition) is 5. The van der Waals surface area contributed by atoms with Crippen LogP contribution in [-0.4, -0.2) is 46.1 Å². The minimum absolute atomic E-state index is 0.00296. The van der Waals surface area contributed by atoms with Crippen molar-refractivity contribution in [1.29, 1.82) is 0 Å². The minimum atomic E-state index is -3.37. The van der Waals surface area contributed by atoms with Crippen LogP contribution in [0.2, 0.25) is 0 Å². The van der Waals surface area contributed by atoms with Crippen molar-refractivity contribution < 1.29 is 13.2 Å². The normalized spacial score (nSPS) is 17.4. The van der Waals surface area contributed by atoms with Crippen LogP contribution in [0.25, 0.3) is 5.65 Å². The number of aromatic nitrogens is 3. The van der Waals surface area contributed by atoms with Crippen LogP contribution < -0.4 is 0 Å². The predicted octanol–water partition coefficient (Wildman–Crippen LogP) is 3.35. The average Bonchev–Trinajstić information content (AvgIpc) is 3.14. The van der Waals surface area contributed by atoms with Gasteiger partial charge in [0.2, 0.25) is 5.91 Å². The number of carbonyl (C=O) groups is 1. The lowest BCUT2D eigenvalue weighted by Crippen LogP contribution is -2.39. The number of piperidine rings is 1. The molecule has 1 fully saturated rings. The highest BCUT2D eigenvalue weighted by Crippen LogP contribution is 2.31. The predicted molar refractivity (Wildman–Crippen MR) is 114 cm³/mol. The first-order chi connectivity index (χ1) is 14.5. The number of likely N-dealkylation sites (tertiary alicyclic amines) is 1. The molecule has 4 rings (SSSR count). The van der Waals surface area contributed by atoms with Gasteiger partial charge in [0.15, 0.2) is 15.5 Å². The molecule has 0 unspecified atom stereocenters. The Kier molecular flexibility index (Phi) is 5.85. The van der Waals surface area contributed by atoms with Crippen molar-refractivity contribution in [3.05, 3.63) is 60.0 Å². The molecule has 7 nitrogen and oxygen atoms in total. The molecule has 158 valence electrons. The third kappa shape index (κ3) is 4.23. The van der Waals surface area contributed by atoms with Gasteiger partial charge in [-0.3, -0.25) is 4.79 Å². The van der Waals surface area contributed by atoms with Gasteiger partial charge in [-0.05, 0) is 50.8 Å². The summed E-state index contributed by atoms with van der Waals surface area (Å²) in [6.07, 6.45) is 5.15. The first kappa shape index (κ1) is 20.5. The van der Waals surface area contributed by atoms with E-state index in [1.54, 1.807) is 36.5 Å². The standard InChI is InChI=1S/C22H26N4O3S/c1-17-16-21-23-13-12-20(26(21)24-17)19-10-5-6-14-25(19)22(27)11-7-15-30(28,29)18-8-3-2-4-9-18/h2-4,8-9,12-13,16,19H,5-7,10-11,14-15H2,1H3/t19-/m1/s1. The minimum Gasteiger partial charge on any atom is -0.334 e. The second-order valence-corrected chi connectivity index (χ2v) is 9.87. The quantitative estimate of drug-likeness (QED) is 0.603. The van der Waals surface area contributed by atoms with E-state index in [0.29, 0.717) is 17.9 Å². The number of fused-ring (bicyclic) bond motifs is 1. The fourth-order valence-electron chi connectivity index (χ4n) is 4.12. The molecular weight excluding hydrogens is 400 g/mol. The van der Waals surface area contributed by atoms with E-state index in [9.17, 15) is 13.2 Å². The molecular formula is C22H26N4O3S. The summed E-state index contributed by atoms with van der Waals surface area (Å²) in [6.45, 7) is 2.61. The number of benzene rings is 1. The van der Waals surface area contributed by atoms with Gasteiger partial charge in [0, 0.05) is 25.2 Å². The highest BCUT2D eigenvalue weighted by atomic mass is 32.2. The molecule has 2 aromatic heterocycles. The van der Waals surface area contributed by atoms with Crippen molar-refractivity contribution in [2.45, 2.75) is 50.0 Å². The van der Waals surface area contributed by atoms with Gasteiger partial charge in [0.25, 0.3) is 0 Å². The fraction of sp³-hybridized carbons (Fsp3) is 0.409. The van der Waals surface area contributed by atoms with E-state index < -0.39 is 9.84 Å². The molecule has 1 aliphatic rings. The molecule has 0 spiro atoms. The molecule has 3 heterocycles. The number of rotatable bonds is 6. The van der Waals surface area contributed by atoms with Crippen molar-refractivity contribution in [2.24, 2.45) is 0 Å². The van der Waals surface area contributed by atoms with Crippen LogP contribution in [0.15, 0.2) is 53.6 Å². The number of sulfone groups is 1. The van der Waals surface area contributed by atoms with Crippen LogP contribution in [0.1, 0.15) is 49.5 Å². The third-order valence-electron chi connectivity index (χ3n) is 5.58. The number of carbonyl (C=O) groups excluding carboxylic acids is 1. The van der Waals surface area contributed by atoms with E-state index in [-0.39, 0.29) is 24.1 Å². The molecule has 0 aliphatic carbocycles. The SMILES string of the molecule is Cc1cc2nccc([C@H]3CCCCN3C(=O)CCCS(=O)(=O)c3ccccc3)n2n1. The summed E-state index contributed by atoms with van der Waals surface area (Å²) >= 11 is 0. The second-order valence-electron chi connectivity index (χ2n) is 7.76. The van der Waals surface area contributed by atoms with Gasteiger partial charge >= 0.3 is 0 Å². The van der Waals surface area contributed by atoms with E-state index in [0.717, 1.165) is 36.3 Å². The van der Waals surface area contributed by atoms with Gasteiger partial charge < -0.3 is 4.90 Å². The topological polar surface area (TPSA) is 84.6 Å². The number of hydrogen-bond donors (Lipinski definition) is 0. The first-order valence-corrected chi connectivity index (χ1v) is 12.0. The maximum atomic E-state index is 13.0. The van der Waals surface area contributed by atoms with Gasteiger partial charge in [0.05, 0.1) is 28.1 Å². The van der Waals surface area contributed by atoms with Crippen LogP contribution in [0.3, 0.4) is 0 Å². The van der Waals surface area contributed by atoms with Crippen molar-refractivity contribution in [1.82, 2.24) is 19.5 Å². The second kappa shape index (κ2) is 8.55. The Morgan fingerprint density at radius 3 is 2.77 bits per heavy atom. The Morgan fingerprint density at radius 2 is 1.97 bits per heavy atom. The summed E-state index contributed by atoms with van der Waals surface area (Å²) in [4.78, 5) is 19.6. The van der Waals surface area contributed by atoms with Crippen LogP contribution in [0, 0.1) is 6.92 Å². The zero-order valence-corrected chi connectivity index (χ0v) is 17.9. The van der Waals surface area contributed by atoms with E-state index in [1.165, 1.54) is 0 Å². The van der Waals surface area contributed by atoms with Crippen molar-refractivity contribution in [3.63, 3.8) is 0 Å². The molecule has 30 heavy (non-hydrogen) atoms. The number of amides is 1. The molecule has 1 amide bonds. The number of nitrogens with zero attached hydrogens (tertiary/aromatic N) is 4. The summed E-state index contributed by atoms with van der Waals surface area (Å²) in [6, 6.07) is 12.2. The van der Waals surface area contributed by atoms with E-state index in [4.69, 9.17) is 0 Å². The van der Waals surface area contributed by atoms with Crippen molar-refractivity contribution in [2.75, 3.05) is 12.3 Å². The Hall–Kier alpha value is -2.74. The largest absolute Gasteiger partial charge is 0.334 e. The van der Waals surface area contributed by atoms with E-state index >= 15 is 0 Å². The summed E-state index contributed by atoms with van der Waals surface area (Å²) in [7, 11) is -3.37. The highest BCUT2D eigenvalue weighted by molar-refractivity contribution is 7.91. The molecule has 3 aromatic rings. The summed E-state index contributed by atoms with van der Waals surface area (Å²) in [5, 5.41) is 4.55. The first-order valence-electron chi connectivity index (χ1n) is 10.3. The summed E-state index contributed by atoms with van der Waals surface area (Å²) in [5.41, 5.74) is 2.62. The molecule has 0 bridgehead atoms. The van der Waals surface area contributed by atoms with Crippen LogP contribution in [0.5, 0.6) is 0 Å². The van der Waals surface area contributed by atoms with Crippen molar-refractivity contribution >= 4 is 21.4 Å². The molecule has 1 atom stereocenters. The maximum absolute atomic E-state index is 13.0. The smallest absolute Gasteiger partial charge is 0.223 e. The third-order valence-corrected chi connectivity index (χ3v) is 7.40. The Balaban J connectivity index is 1.47. The lowest BCUT2D eigenvalue weighted by molar-refractivity contribution is -0.135. The molecule has 0 saturated carbocycles. The zero-order valence-electron chi connectivity index (χ0n) is 17.1. The maximum Gasteiger partial charge on any atom is 0.223 e. The van der Waals surface area contributed by atoms with Crippen LogP contribution in [-0.2, 0) is 14.6 Å². The molecule has 0 radical (unpaired) electrons. The van der Waals surface area contributed by atoms with Gasteiger partial charge in [-0.2, -0.15) is 5.10 Å². The molecule has 1 aliphatic heterocycles. The Bertz CT molecular complexity index is 1140. The number of aryl methyl sites for hydroxylation is 1. The molecule has 1 aromatic carbocycles. The Labute approximate surface area is 176 Å². The highest BCUT2D eigenvalue weighted by Gasteiger charge is 2.30. The van der Waals surface area contributed by atoms with Gasteiger partial charge in [-0.1, -0.05) is 18.2 Å². The van der Waals surface area contributed by atoms with Gasteiger partial charge in [0.1, 0.15) is 0 Å². The fourth-order valence-corrected chi connectivity index (χ4v) is 5.45. The molecule has 8 heteroatoms. The lowest BCUT2D eigenvalue weighted by atomic mass is 9.98. The average molecular weight is 427 g/mol. The summed E-state index contributed by atoms with van der Waals surface area (Å²) < 4.78 is 26.8. The molecule has 0 N–H and O–H groups in total. The van der Waals surface area contributed by atoms with Gasteiger partial charge in [-0.25, -0.2) is 17.9 Å². The monoisotopic (exact) mass is 426 g/mol. The van der Waals surface area contributed by atoms with E-state index in [1.807, 2.05) is 28.5 Å². The Morgan fingerprint density at radius 1 is 1.17 bits per heavy atom. The molecule has 1 saturated heterocycles. The van der Waals surface area contributed by atoms with Gasteiger partial charge in [-0.15, -0.1) is 0 Å².